The monoisotopic (exact) mass is 205 g/mol. The van der Waals surface area contributed by atoms with E-state index >= 15 is 0 Å². The second-order valence-corrected chi connectivity index (χ2v) is 3.70. The van der Waals surface area contributed by atoms with Crippen LogP contribution in [0.4, 0.5) is 0 Å². The Morgan fingerprint density at radius 2 is 2.33 bits per heavy atom. The zero-order valence-corrected chi connectivity index (χ0v) is 9.96. The first-order chi connectivity index (χ1) is 7.15. The highest BCUT2D eigenvalue weighted by Gasteiger charge is 2.10. The number of rotatable bonds is 4. The Balaban J connectivity index is 2.48. The van der Waals surface area contributed by atoms with Crippen molar-refractivity contribution in [1.82, 2.24) is 15.1 Å². The molecule has 1 atom stereocenters. The lowest BCUT2D eigenvalue weighted by Crippen LogP contribution is -2.19. The van der Waals surface area contributed by atoms with Crippen molar-refractivity contribution >= 4 is 0 Å². The fourth-order valence-electron chi connectivity index (χ4n) is 1.63. The summed E-state index contributed by atoms with van der Waals surface area (Å²) in [4.78, 5) is 0. The van der Waals surface area contributed by atoms with E-state index in [-0.39, 0.29) is 0 Å². The topological polar surface area (TPSA) is 29.9 Å². The highest BCUT2D eigenvalue weighted by atomic mass is 15.3. The normalized spacial score (nSPS) is 12.0. The minimum Gasteiger partial charge on any atom is -0.309 e. The fourth-order valence-corrected chi connectivity index (χ4v) is 1.63. The number of aromatic nitrogens is 2. The lowest BCUT2D eigenvalue weighted by molar-refractivity contribution is 0.581. The van der Waals surface area contributed by atoms with Gasteiger partial charge in [-0.2, -0.15) is 5.10 Å². The van der Waals surface area contributed by atoms with Crippen LogP contribution in [-0.2, 0) is 7.05 Å². The second-order valence-electron chi connectivity index (χ2n) is 3.70. The molecule has 3 nitrogen and oxygen atoms in total. The van der Waals surface area contributed by atoms with Gasteiger partial charge < -0.3 is 5.32 Å². The van der Waals surface area contributed by atoms with Gasteiger partial charge in [0.25, 0.3) is 0 Å². The maximum absolute atomic E-state index is 4.33. The van der Waals surface area contributed by atoms with Gasteiger partial charge in [0.15, 0.2) is 0 Å². The van der Waals surface area contributed by atoms with E-state index in [1.807, 2.05) is 25.6 Å². The highest BCUT2D eigenvalue weighted by molar-refractivity contribution is 5.19. The van der Waals surface area contributed by atoms with Crippen LogP contribution in [0, 0.1) is 18.8 Å². The molecule has 3 heteroatoms. The van der Waals surface area contributed by atoms with Crippen LogP contribution < -0.4 is 5.32 Å². The van der Waals surface area contributed by atoms with E-state index in [9.17, 15) is 0 Å². The lowest BCUT2D eigenvalue weighted by Gasteiger charge is -2.11. The molecule has 1 rings (SSSR count). The summed E-state index contributed by atoms with van der Waals surface area (Å²) in [6.45, 7) is 6.99. The average Bonchev–Trinajstić information content (AvgIpc) is 2.52. The molecule has 0 bridgehead atoms. The third-order valence-corrected chi connectivity index (χ3v) is 2.40. The zero-order chi connectivity index (χ0) is 11.3. The van der Waals surface area contributed by atoms with E-state index < -0.39 is 0 Å². The Kier molecular flexibility index (Phi) is 4.38. The predicted molar refractivity (Wildman–Crippen MR) is 62.4 cm³/mol. The van der Waals surface area contributed by atoms with E-state index in [1.165, 1.54) is 5.56 Å². The van der Waals surface area contributed by atoms with Gasteiger partial charge in [-0.15, -0.1) is 11.8 Å². The average molecular weight is 205 g/mol. The third-order valence-electron chi connectivity index (χ3n) is 2.40. The molecule has 0 fully saturated rings. The van der Waals surface area contributed by atoms with Crippen molar-refractivity contribution in [2.24, 2.45) is 7.05 Å². The summed E-state index contributed by atoms with van der Waals surface area (Å²) in [5, 5.41) is 7.76. The van der Waals surface area contributed by atoms with Crippen LogP contribution in [-0.4, -0.2) is 16.3 Å². The zero-order valence-electron chi connectivity index (χ0n) is 9.96. The fraction of sp³-hybridized carbons (Fsp3) is 0.583. The van der Waals surface area contributed by atoms with E-state index in [1.54, 1.807) is 0 Å². The summed E-state index contributed by atoms with van der Waals surface area (Å²) in [5.74, 6) is 5.93. The van der Waals surface area contributed by atoms with Crippen LogP contribution in [0.25, 0.3) is 0 Å². The Hall–Kier alpha value is -1.27. The van der Waals surface area contributed by atoms with Gasteiger partial charge in [-0.05, 0) is 20.8 Å². The van der Waals surface area contributed by atoms with Crippen LogP contribution in [0.2, 0.25) is 0 Å². The Labute approximate surface area is 91.9 Å². The Morgan fingerprint density at radius 1 is 1.60 bits per heavy atom. The number of hydrogen-bond acceptors (Lipinski definition) is 2. The van der Waals surface area contributed by atoms with Gasteiger partial charge in [0.1, 0.15) is 0 Å². The van der Waals surface area contributed by atoms with Gasteiger partial charge in [-0.3, -0.25) is 4.68 Å². The van der Waals surface area contributed by atoms with Gasteiger partial charge in [-0.25, -0.2) is 0 Å². The van der Waals surface area contributed by atoms with Crippen molar-refractivity contribution < 1.29 is 0 Å². The molecule has 0 spiro atoms. The first-order valence-corrected chi connectivity index (χ1v) is 5.28. The van der Waals surface area contributed by atoms with Crippen LogP contribution in [0.5, 0.6) is 0 Å². The Morgan fingerprint density at radius 3 is 2.87 bits per heavy atom. The molecule has 0 amide bonds. The maximum Gasteiger partial charge on any atom is 0.0641 e. The smallest absolute Gasteiger partial charge is 0.0641 e. The van der Waals surface area contributed by atoms with Gasteiger partial charge in [-0.1, -0.05) is 0 Å². The minimum absolute atomic E-state index is 0.345. The van der Waals surface area contributed by atoms with Crippen LogP contribution >= 0.6 is 0 Å². The summed E-state index contributed by atoms with van der Waals surface area (Å²) >= 11 is 0. The SMILES string of the molecule is CC#CCCNC(C)c1cn(C)nc1C. The molecule has 0 aliphatic carbocycles. The number of nitrogens with one attached hydrogen (secondary N) is 1. The second kappa shape index (κ2) is 5.57. The summed E-state index contributed by atoms with van der Waals surface area (Å²) in [6.07, 6.45) is 2.97. The molecule has 0 saturated carbocycles. The van der Waals surface area contributed by atoms with Crippen LogP contribution in [0.1, 0.15) is 37.6 Å². The van der Waals surface area contributed by atoms with E-state index in [0.717, 1.165) is 18.7 Å². The largest absolute Gasteiger partial charge is 0.309 e. The van der Waals surface area contributed by atoms with Crippen molar-refractivity contribution in [2.75, 3.05) is 6.54 Å². The molecule has 0 aromatic carbocycles. The molecule has 15 heavy (non-hydrogen) atoms. The highest BCUT2D eigenvalue weighted by Crippen LogP contribution is 2.14. The molecule has 1 aromatic heterocycles. The molecule has 82 valence electrons. The molecule has 0 radical (unpaired) electrons. The van der Waals surface area contributed by atoms with Crippen LogP contribution in [0.15, 0.2) is 6.20 Å². The number of aryl methyl sites for hydroxylation is 2. The van der Waals surface area contributed by atoms with Crippen LogP contribution in [0.3, 0.4) is 0 Å². The molecule has 0 saturated heterocycles. The maximum atomic E-state index is 4.33. The molecular formula is C12H19N3. The van der Waals surface area contributed by atoms with E-state index in [2.05, 4.69) is 35.4 Å². The van der Waals surface area contributed by atoms with Crippen molar-refractivity contribution in [1.29, 1.82) is 0 Å². The quantitative estimate of drug-likeness (QED) is 0.600. The molecule has 1 unspecified atom stereocenters. The summed E-state index contributed by atoms with van der Waals surface area (Å²) in [7, 11) is 1.95. The van der Waals surface area contributed by atoms with E-state index in [0.29, 0.717) is 6.04 Å². The van der Waals surface area contributed by atoms with Crippen molar-refractivity contribution in [2.45, 2.75) is 33.2 Å². The molecule has 1 aromatic rings. The van der Waals surface area contributed by atoms with Gasteiger partial charge in [0, 0.05) is 37.8 Å². The standard InChI is InChI=1S/C12H19N3/c1-5-6-7-8-13-10(2)12-9-15(4)14-11(12)3/h9-10,13H,7-8H2,1-4H3. The predicted octanol–water partition coefficient (Wildman–Crippen LogP) is 1.79. The number of nitrogens with zero attached hydrogens (tertiary/aromatic N) is 2. The third kappa shape index (κ3) is 3.41. The molecular weight excluding hydrogens is 186 g/mol. The van der Waals surface area contributed by atoms with Gasteiger partial charge in [0.2, 0.25) is 0 Å². The van der Waals surface area contributed by atoms with Gasteiger partial charge >= 0.3 is 0 Å². The Bertz CT molecular complexity index is 368. The van der Waals surface area contributed by atoms with Crippen molar-refractivity contribution in [3.05, 3.63) is 17.5 Å². The molecule has 0 aliphatic heterocycles. The molecule has 0 aliphatic rings. The molecule has 1 heterocycles. The summed E-state index contributed by atoms with van der Waals surface area (Å²) < 4.78 is 1.86. The number of hydrogen-bond donors (Lipinski definition) is 1. The van der Waals surface area contributed by atoms with E-state index in [4.69, 9.17) is 0 Å². The van der Waals surface area contributed by atoms with Crippen molar-refractivity contribution in [3.8, 4) is 11.8 Å². The lowest BCUT2D eigenvalue weighted by atomic mass is 10.1. The van der Waals surface area contributed by atoms with Gasteiger partial charge in [0.05, 0.1) is 5.69 Å². The molecule has 1 N–H and O–H groups in total. The van der Waals surface area contributed by atoms with Crippen molar-refractivity contribution in [3.63, 3.8) is 0 Å². The summed E-state index contributed by atoms with van der Waals surface area (Å²) in [5.41, 5.74) is 2.36. The first kappa shape index (κ1) is 11.8. The summed E-state index contributed by atoms with van der Waals surface area (Å²) in [6, 6.07) is 0.345. The minimum atomic E-state index is 0.345. The first-order valence-electron chi connectivity index (χ1n) is 5.28.